The summed E-state index contributed by atoms with van der Waals surface area (Å²) in [7, 11) is 2.02. The summed E-state index contributed by atoms with van der Waals surface area (Å²) in [6.07, 6.45) is 4.39. The summed E-state index contributed by atoms with van der Waals surface area (Å²) in [6.45, 7) is 5.40. The van der Waals surface area contributed by atoms with E-state index in [1.54, 1.807) is 0 Å². The third-order valence-corrected chi connectivity index (χ3v) is 3.86. The topological polar surface area (TPSA) is 17.0 Å². The van der Waals surface area contributed by atoms with Gasteiger partial charge in [-0.25, -0.2) is 0 Å². The summed E-state index contributed by atoms with van der Waals surface area (Å²) >= 11 is 3.51. The van der Waals surface area contributed by atoms with E-state index in [-0.39, 0.29) is 0 Å². The lowest BCUT2D eigenvalue weighted by Gasteiger charge is -2.18. The van der Waals surface area contributed by atoms with Crippen LogP contribution in [-0.2, 0) is 6.54 Å². The molecule has 2 aromatic rings. The summed E-state index contributed by atoms with van der Waals surface area (Å²) < 4.78 is 3.37. The molecule has 1 aromatic heterocycles. The summed E-state index contributed by atoms with van der Waals surface area (Å²) in [5.41, 5.74) is 2.66. The van der Waals surface area contributed by atoms with E-state index in [1.165, 1.54) is 11.1 Å². The molecule has 102 valence electrons. The maximum absolute atomic E-state index is 3.51. The van der Waals surface area contributed by atoms with Crippen LogP contribution in [0.25, 0.3) is 0 Å². The van der Waals surface area contributed by atoms with Gasteiger partial charge in [-0.2, -0.15) is 0 Å². The van der Waals surface area contributed by atoms with Crippen LogP contribution in [0.3, 0.4) is 0 Å². The molecular formula is C16H21BrN2. The minimum atomic E-state index is 0.420. The van der Waals surface area contributed by atoms with Crippen LogP contribution in [0.2, 0.25) is 0 Å². The van der Waals surface area contributed by atoms with Gasteiger partial charge in [0.1, 0.15) is 0 Å². The summed E-state index contributed by atoms with van der Waals surface area (Å²) in [5, 5.41) is 3.38. The Labute approximate surface area is 124 Å². The molecule has 1 aromatic carbocycles. The molecule has 0 fully saturated rings. The van der Waals surface area contributed by atoms with Gasteiger partial charge in [-0.1, -0.05) is 41.9 Å². The van der Waals surface area contributed by atoms with Crippen LogP contribution in [0.4, 0.5) is 0 Å². The van der Waals surface area contributed by atoms with Crippen molar-refractivity contribution in [1.29, 1.82) is 0 Å². The van der Waals surface area contributed by atoms with Gasteiger partial charge in [0.2, 0.25) is 0 Å². The first-order valence-electron chi connectivity index (χ1n) is 6.67. The Morgan fingerprint density at radius 3 is 2.68 bits per heavy atom. The second-order valence-corrected chi connectivity index (χ2v) is 6.17. The van der Waals surface area contributed by atoms with Gasteiger partial charge in [0.25, 0.3) is 0 Å². The number of hydrogen-bond donors (Lipinski definition) is 1. The number of rotatable bonds is 5. The molecule has 2 rings (SSSR count). The highest BCUT2D eigenvalue weighted by atomic mass is 79.9. The fourth-order valence-corrected chi connectivity index (χ4v) is 2.92. The maximum Gasteiger partial charge on any atom is 0.0470 e. The summed E-state index contributed by atoms with van der Waals surface area (Å²) in [4.78, 5) is 0. The SMILES string of the molecule is CNC(c1ccn(Cc2cccc(Br)c2)c1)C(C)C. The van der Waals surface area contributed by atoms with Crippen molar-refractivity contribution in [3.8, 4) is 0 Å². The maximum atomic E-state index is 3.51. The fourth-order valence-electron chi connectivity index (χ4n) is 2.47. The normalized spacial score (nSPS) is 12.9. The van der Waals surface area contributed by atoms with Crippen molar-refractivity contribution < 1.29 is 0 Å². The van der Waals surface area contributed by atoms with Gasteiger partial charge in [0.05, 0.1) is 0 Å². The van der Waals surface area contributed by atoms with Crippen LogP contribution in [0, 0.1) is 5.92 Å². The molecule has 1 atom stereocenters. The van der Waals surface area contributed by atoms with Crippen molar-refractivity contribution in [3.05, 3.63) is 58.3 Å². The third kappa shape index (κ3) is 3.71. The molecule has 0 aliphatic rings. The first kappa shape index (κ1) is 14.4. The molecule has 19 heavy (non-hydrogen) atoms. The van der Waals surface area contributed by atoms with Crippen molar-refractivity contribution >= 4 is 15.9 Å². The van der Waals surface area contributed by atoms with E-state index in [0.29, 0.717) is 12.0 Å². The van der Waals surface area contributed by atoms with E-state index >= 15 is 0 Å². The highest BCUT2D eigenvalue weighted by molar-refractivity contribution is 9.10. The standard InChI is InChI=1S/C16H21BrN2/c1-12(2)16(18-3)14-7-8-19(11-14)10-13-5-4-6-15(17)9-13/h4-9,11-12,16,18H,10H2,1-3H3. The van der Waals surface area contributed by atoms with E-state index in [4.69, 9.17) is 0 Å². The van der Waals surface area contributed by atoms with Crippen LogP contribution in [0.15, 0.2) is 47.2 Å². The van der Waals surface area contributed by atoms with Gasteiger partial charge in [-0.15, -0.1) is 0 Å². The number of benzene rings is 1. The number of halogens is 1. The Morgan fingerprint density at radius 2 is 2.05 bits per heavy atom. The predicted molar refractivity (Wildman–Crippen MR) is 84.3 cm³/mol. The molecule has 2 nitrogen and oxygen atoms in total. The average molecular weight is 321 g/mol. The lowest BCUT2D eigenvalue weighted by molar-refractivity contribution is 0.443. The van der Waals surface area contributed by atoms with E-state index < -0.39 is 0 Å². The zero-order valence-electron chi connectivity index (χ0n) is 11.7. The van der Waals surface area contributed by atoms with Crippen LogP contribution in [0.5, 0.6) is 0 Å². The molecule has 0 aliphatic heterocycles. The number of nitrogens with zero attached hydrogens (tertiary/aromatic N) is 1. The molecule has 3 heteroatoms. The van der Waals surface area contributed by atoms with Crippen LogP contribution in [-0.4, -0.2) is 11.6 Å². The third-order valence-electron chi connectivity index (χ3n) is 3.36. The smallest absolute Gasteiger partial charge is 0.0470 e. The minimum Gasteiger partial charge on any atom is -0.350 e. The second-order valence-electron chi connectivity index (χ2n) is 5.26. The number of nitrogens with one attached hydrogen (secondary N) is 1. The molecule has 1 N–H and O–H groups in total. The van der Waals surface area contributed by atoms with Gasteiger partial charge in [-0.3, -0.25) is 0 Å². The molecule has 0 saturated carbocycles. The fraction of sp³-hybridized carbons (Fsp3) is 0.375. The summed E-state index contributed by atoms with van der Waals surface area (Å²) in [6, 6.07) is 11.1. The molecule has 0 spiro atoms. The Balaban J connectivity index is 2.13. The quantitative estimate of drug-likeness (QED) is 0.873. The van der Waals surface area contributed by atoms with Gasteiger partial charge in [-0.05, 0) is 42.3 Å². The zero-order chi connectivity index (χ0) is 13.8. The highest BCUT2D eigenvalue weighted by Gasteiger charge is 2.14. The zero-order valence-corrected chi connectivity index (χ0v) is 13.3. The summed E-state index contributed by atoms with van der Waals surface area (Å²) in [5.74, 6) is 0.590. The van der Waals surface area contributed by atoms with Crippen LogP contribution < -0.4 is 5.32 Å². The van der Waals surface area contributed by atoms with E-state index in [9.17, 15) is 0 Å². The van der Waals surface area contributed by atoms with E-state index in [0.717, 1.165) is 11.0 Å². The molecule has 0 radical (unpaired) electrons. The molecule has 0 amide bonds. The van der Waals surface area contributed by atoms with Crippen molar-refractivity contribution in [1.82, 2.24) is 9.88 Å². The lowest BCUT2D eigenvalue weighted by atomic mass is 9.99. The second kappa shape index (κ2) is 6.40. The van der Waals surface area contributed by atoms with Crippen LogP contribution >= 0.6 is 15.9 Å². The Kier molecular flexibility index (Phi) is 4.83. The Hall–Kier alpha value is -1.06. The first-order valence-corrected chi connectivity index (χ1v) is 7.47. The van der Waals surface area contributed by atoms with Gasteiger partial charge >= 0.3 is 0 Å². The largest absolute Gasteiger partial charge is 0.350 e. The molecule has 0 bridgehead atoms. The highest BCUT2D eigenvalue weighted by Crippen LogP contribution is 2.22. The molecule has 1 heterocycles. The Morgan fingerprint density at radius 1 is 1.26 bits per heavy atom. The van der Waals surface area contributed by atoms with E-state index in [1.807, 2.05) is 7.05 Å². The van der Waals surface area contributed by atoms with Crippen molar-refractivity contribution in [2.75, 3.05) is 7.05 Å². The van der Waals surface area contributed by atoms with Crippen LogP contribution in [0.1, 0.15) is 31.0 Å². The molecule has 0 saturated heterocycles. The van der Waals surface area contributed by atoms with Gasteiger partial charge in [0.15, 0.2) is 0 Å². The molecule has 1 unspecified atom stereocenters. The van der Waals surface area contributed by atoms with Gasteiger partial charge in [0, 0.05) is 29.5 Å². The predicted octanol–water partition coefficient (Wildman–Crippen LogP) is 4.22. The molecule has 0 aliphatic carbocycles. The van der Waals surface area contributed by atoms with Crippen molar-refractivity contribution in [2.24, 2.45) is 5.92 Å². The van der Waals surface area contributed by atoms with Crippen molar-refractivity contribution in [3.63, 3.8) is 0 Å². The number of aromatic nitrogens is 1. The number of hydrogen-bond acceptors (Lipinski definition) is 1. The van der Waals surface area contributed by atoms with Gasteiger partial charge < -0.3 is 9.88 Å². The van der Waals surface area contributed by atoms with E-state index in [2.05, 4.69) is 82.4 Å². The Bertz CT molecular complexity index is 531. The first-order chi connectivity index (χ1) is 9.10. The monoisotopic (exact) mass is 320 g/mol. The molecular weight excluding hydrogens is 300 g/mol. The average Bonchev–Trinajstić information content (AvgIpc) is 2.78. The minimum absolute atomic E-state index is 0.420. The van der Waals surface area contributed by atoms with Crippen molar-refractivity contribution in [2.45, 2.75) is 26.4 Å². The lowest BCUT2D eigenvalue weighted by Crippen LogP contribution is -2.21.